The second-order valence-corrected chi connectivity index (χ2v) is 4.28. The summed E-state index contributed by atoms with van der Waals surface area (Å²) in [6, 6.07) is 15.9. The van der Waals surface area contributed by atoms with Gasteiger partial charge in [0, 0.05) is 22.4 Å². The van der Waals surface area contributed by atoms with Crippen molar-refractivity contribution in [2.24, 2.45) is 0 Å². The van der Waals surface area contributed by atoms with Gasteiger partial charge < -0.3 is 0 Å². The highest BCUT2D eigenvalue weighted by molar-refractivity contribution is 6.11. The Morgan fingerprint density at radius 3 is 2.41 bits per heavy atom. The van der Waals surface area contributed by atoms with Crippen molar-refractivity contribution < 1.29 is 0 Å². The van der Waals surface area contributed by atoms with E-state index in [0.717, 1.165) is 27.1 Å². The maximum absolute atomic E-state index is 12.3. The third-order valence-corrected chi connectivity index (χ3v) is 3.38. The predicted octanol–water partition coefficient (Wildman–Crippen LogP) is 3.04. The lowest BCUT2D eigenvalue weighted by molar-refractivity contribution is 1.16. The Labute approximate surface area is 97.1 Å². The fourth-order valence-electron chi connectivity index (χ4n) is 2.61. The molecule has 4 rings (SSSR count). The molecule has 2 aromatic carbocycles. The summed E-state index contributed by atoms with van der Waals surface area (Å²) in [6.45, 7) is 0. The third-order valence-electron chi connectivity index (χ3n) is 3.38. The molecular weight excluding hydrogens is 210 g/mol. The number of aromatic nitrogens is 1. The molecule has 80 valence electrons. The summed E-state index contributed by atoms with van der Waals surface area (Å²) in [5, 5.41) is 4.08. The predicted molar refractivity (Wildman–Crippen MR) is 69.9 cm³/mol. The van der Waals surface area contributed by atoms with Gasteiger partial charge in [-0.1, -0.05) is 36.4 Å². The van der Waals surface area contributed by atoms with Crippen LogP contribution in [0.25, 0.3) is 27.1 Å². The molecule has 0 aliphatic carbocycles. The van der Waals surface area contributed by atoms with Crippen LogP contribution in [0.1, 0.15) is 0 Å². The molecule has 2 heteroatoms. The summed E-state index contributed by atoms with van der Waals surface area (Å²) >= 11 is 0. The molecule has 0 atom stereocenters. The van der Waals surface area contributed by atoms with Crippen LogP contribution in [0.5, 0.6) is 0 Å². The van der Waals surface area contributed by atoms with Crippen LogP contribution < -0.4 is 5.56 Å². The second kappa shape index (κ2) is 2.86. The van der Waals surface area contributed by atoms with Crippen molar-refractivity contribution in [2.45, 2.75) is 0 Å². The molecule has 0 radical (unpaired) electrons. The fourth-order valence-corrected chi connectivity index (χ4v) is 2.61. The largest absolute Gasteiger partial charge is 0.283 e. The zero-order valence-electron chi connectivity index (χ0n) is 9.05. The molecule has 0 aliphatic heterocycles. The van der Waals surface area contributed by atoms with E-state index in [1.165, 1.54) is 0 Å². The lowest BCUT2D eigenvalue weighted by Gasteiger charge is -2.04. The Kier molecular flexibility index (Phi) is 1.47. The third kappa shape index (κ3) is 0.972. The van der Waals surface area contributed by atoms with Gasteiger partial charge >= 0.3 is 0 Å². The monoisotopic (exact) mass is 219 g/mol. The minimum atomic E-state index is 0.0642. The highest BCUT2D eigenvalue weighted by Crippen LogP contribution is 2.26. The van der Waals surface area contributed by atoms with E-state index in [9.17, 15) is 4.79 Å². The van der Waals surface area contributed by atoms with Crippen molar-refractivity contribution in [1.29, 1.82) is 0 Å². The lowest BCUT2D eigenvalue weighted by atomic mass is 10.1. The number of rotatable bonds is 0. The van der Waals surface area contributed by atoms with Crippen molar-refractivity contribution in [3.8, 4) is 0 Å². The van der Waals surface area contributed by atoms with Gasteiger partial charge in [0.2, 0.25) is 0 Å². The van der Waals surface area contributed by atoms with Crippen LogP contribution in [-0.4, -0.2) is 4.40 Å². The van der Waals surface area contributed by atoms with Gasteiger partial charge in [-0.25, -0.2) is 0 Å². The molecule has 2 nitrogen and oxygen atoms in total. The molecule has 4 aromatic rings. The molecule has 0 amide bonds. The average molecular weight is 219 g/mol. The number of benzene rings is 2. The summed E-state index contributed by atoms with van der Waals surface area (Å²) in [5.41, 5.74) is 1.09. The summed E-state index contributed by atoms with van der Waals surface area (Å²) in [4.78, 5) is 12.3. The quantitative estimate of drug-likeness (QED) is 0.416. The van der Waals surface area contributed by atoms with E-state index in [1.54, 1.807) is 4.40 Å². The first-order valence-electron chi connectivity index (χ1n) is 5.60. The molecule has 0 N–H and O–H groups in total. The van der Waals surface area contributed by atoms with Crippen LogP contribution in [0.3, 0.4) is 0 Å². The highest BCUT2D eigenvalue weighted by Gasteiger charge is 2.10. The van der Waals surface area contributed by atoms with Gasteiger partial charge in [0.05, 0.1) is 5.52 Å². The first-order chi connectivity index (χ1) is 8.36. The Bertz CT molecular complexity index is 898. The van der Waals surface area contributed by atoms with Gasteiger partial charge in [0.25, 0.3) is 5.56 Å². The van der Waals surface area contributed by atoms with Crippen LogP contribution in [0, 0.1) is 0 Å². The van der Waals surface area contributed by atoms with Crippen LogP contribution in [0.4, 0.5) is 0 Å². The van der Waals surface area contributed by atoms with E-state index in [1.807, 2.05) is 48.7 Å². The van der Waals surface area contributed by atoms with Gasteiger partial charge in [0.1, 0.15) is 0 Å². The number of hydrogen-bond donors (Lipinski definition) is 0. The maximum atomic E-state index is 12.3. The average Bonchev–Trinajstić information content (AvgIpc) is 2.81. The topological polar surface area (TPSA) is 21.5 Å². The van der Waals surface area contributed by atoms with Gasteiger partial charge in [-0.2, -0.15) is 0 Å². The summed E-state index contributed by atoms with van der Waals surface area (Å²) in [5.74, 6) is 0. The van der Waals surface area contributed by atoms with Crippen molar-refractivity contribution >= 4 is 27.1 Å². The number of pyridine rings is 1. The molecule has 0 bridgehead atoms. The lowest BCUT2D eigenvalue weighted by Crippen LogP contribution is -2.11. The summed E-state index contributed by atoms with van der Waals surface area (Å²) in [7, 11) is 0. The zero-order valence-corrected chi connectivity index (χ0v) is 9.05. The SMILES string of the molecule is O=c1c2ccccc2c2cccc3ccn1c32. The van der Waals surface area contributed by atoms with E-state index >= 15 is 0 Å². The first kappa shape index (κ1) is 8.76. The molecular formula is C15H9NO. The van der Waals surface area contributed by atoms with Crippen molar-refractivity contribution in [2.75, 3.05) is 0 Å². The van der Waals surface area contributed by atoms with Gasteiger partial charge in [0.15, 0.2) is 0 Å². The minimum Gasteiger partial charge on any atom is -0.283 e. The summed E-state index contributed by atoms with van der Waals surface area (Å²) in [6.07, 6.45) is 1.85. The fraction of sp³-hybridized carbons (Fsp3) is 0. The molecule has 2 aromatic heterocycles. The summed E-state index contributed by atoms with van der Waals surface area (Å²) < 4.78 is 1.74. The molecule has 2 heterocycles. The van der Waals surface area contributed by atoms with Crippen molar-refractivity contribution in [3.63, 3.8) is 0 Å². The number of fused-ring (bicyclic) bond motifs is 2. The molecule has 0 unspecified atom stereocenters. The van der Waals surface area contributed by atoms with E-state index in [2.05, 4.69) is 6.07 Å². The number of nitrogens with zero attached hydrogens (tertiary/aromatic N) is 1. The molecule has 17 heavy (non-hydrogen) atoms. The van der Waals surface area contributed by atoms with E-state index in [-0.39, 0.29) is 5.56 Å². The van der Waals surface area contributed by atoms with E-state index < -0.39 is 0 Å². The van der Waals surface area contributed by atoms with Gasteiger partial charge in [-0.3, -0.25) is 9.20 Å². The van der Waals surface area contributed by atoms with E-state index in [4.69, 9.17) is 0 Å². The Hall–Kier alpha value is -2.35. The van der Waals surface area contributed by atoms with Crippen molar-refractivity contribution in [1.82, 2.24) is 4.40 Å². The molecule has 0 saturated heterocycles. The smallest absolute Gasteiger partial charge is 0.263 e. The Morgan fingerprint density at radius 1 is 0.765 bits per heavy atom. The minimum absolute atomic E-state index is 0.0642. The Morgan fingerprint density at radius 2 is 1.53 bits per heavy atom. The standard InChI is InChI=1S/C15H9NO/c17-15-13-6-2-1-5-11(13)12-7-3-4-10-8-9-16(15)14(10)12/h1-9H. The highest BCUT2D eigenvalue weighted by atomic mass is 16.1. The molecule has 0 aliphatic rings. The van der Waals surface area contributed by atoms with Crippen LogP contribution in [0.2, 0.25) is 0 Å². The first-order valence-corrected chi connectivity index (χ1v) is 5.60. The number of para-hydroxylation sites is 1. The normalized spacial score (nSPS) is 11.8. The second-order valence-electron chi connectivity index (χ2n) is 4.28. The van der Waals surface area contributed by atoms with Crippen LogP contribution in [0.15, 0.2) is 59.5 Å². The van der Waals surface area contributed by atoms with E-state index in [0.29, 0.717) is 0 Å². The van der Waals surface area contributed by atoms with Crippen molar-refractivity contribution in [3.05, 3.63) is 65.1 Å². The zero-order chi connectivity index (χ0) is 11.4. The number of hydrogen-bond acceptors (Lipinski definition) is 1. The van der Waals surface area contributed by atoms with Gasteiger partial charge in [-0.15, -0.1) is 0 Å². The molecule has 0 fully saturated rings. The Balaban J connectivity index is 2.54. The molecule has 0 saturated carbocycles. The molecule has 0 spiro atoms. The maximum Gasteiger partial charge on any atom is 0.263 e. The van der Waals surface area contributed by atoms with Crippen LogP contribution in [-0.2, 0) is 0 Å². The van der Waals surface area contributed by atoms with Crippen LogP contribution >= 0.6 is 0 Å². The van der Waals surface area contributed by atoms with Gasteiger partial charge in [-0.05, 0) is 17.5 Å².